The average molecular weight is 615 g/mol. The summed E-state index contributed by atoms with van der Waals surface area (Å²) in [5.74, 6) is 0. The second-order valence-corrected chi connectivity index (χ2v) is 13.8. The molecule has 0 radical (unpaired) electrons. The Kier molecular flexibility index (Phi) is 27.9. The Balaban J connectivity index is 0.000000714. The molecule has 6 nitrogen and oxygen atoms in total. The molecule has 0 aromatic heterocycles. The Hall–Kier alpha value is -0.345. The van der Waals surface area contributed by atoms with Gasteiger partial charge < -0.3 is 30.4 Å². The van der Waals surface area contributed by atoms with Gasteiger partial charge in [-0.1, -0.05) is 173 Å². The first kappa shape index (κ1) is 41.7. The Morgan fingerprint density at radius 1 is 0.595 bits per heavy atom. The van der Waals surface area contributed by atoms with Gasteiger partial charge >= 0.3 is 7.32 Å². The van der Waals surface area contributed by atoms with Crippen LogP contribution in [0.5, 0.6) is 0 Å². The topological polar surface area (TPSA) is 121 Å². The highest BCUT2D eigenvalue weighted by Crippen LogP contribution is 2.67. The van der Waals surface area contributed by atoms with Crippen LogP contribution in [0.25, 0.3) is 0 Å². The maximum absolute atomic E-state index is 10.3. The molecule has 0 aromatic carbocycles. The lowest BCUT2D eigenvalue weighted by atomic mass is 9.91. The molecule has 3 atom stereocenters. The quantitative estimate of drug-likeness (QED) is 0.0350. The van der Waals surface area contributed by atoms with Crippen LogP contribution >= 0.6 is 11.8 Å². The van der Waals surface area contributed by atoms with Crippen LogP contribution in [0.1, 0.15) is 168 Å². The fourth-order valence-electron chi connectivity index (χ4n) is 5.48. The van der Waals surface area contributed by atoms with Gasteiger partial charge in [-0.25, -0.2) is 0 Å². The summed E-state index contributed by atoms with van der Waals surface area (Å²) in [6.07, 6.45) is 39.4. The van der Waals surface area contributed by atoms with Crippen molar-refractivity contribution in [1.29, 1.82) is 0 Å². The fourth-order valence-corrected chi connectivity index (χ4v) is 6.76. The van der Waals surface area contributed by atoms with Gasteiger partial charge in [-0.2, -0.15) is 0 Å². The number of allylic oxidation sites excluding steroid dienone is 2. The lowest BCUT2D eigenvalue weighted by molar-refractivity contribution is 0.0860. The van der Waals surface area contributed by atoms with Crippen LogP contribution in [0.4, 0.5) is 0 Å². The van der Waals surface area contributed by atoms with Crippen LogP contribution < -0.4 is 0 Å². The van der Waals surface area contributed by atoms with Crippen molar-refractivity contribution in [2.45, 2.75) is 184 Å². The molecule has 1 heterocycles. The van der Waals surface area contributed by atoms with E-state index in [1.165, 1.54) is 135 Å². The molecule has 8 heteroatoms. The van der Waals surface area contributed by atoms with Crippen molar-refractivity contribution in [3.63, 3.8) is 0 Å². The number of thioether (sulfide) groups is 1. The molecule has 0 saturated carbocycles. The molecule has 6 N–H and O–H groups in total. The molecule has 1 aliphatic carbocycles. The summed E-state index contributed by atoms with van der Waals surface area (Å²) in [5.41, 5.74) is 0. The Morgan fingerprint density at radius 2 is 0.952 bits per heavy atom. The van der Waals surface area contributed by atoms with E-state index in [2.05, 4.69) is 26.0 Å². The van der Waals surface area contributed by atoms with E-state index < -0.39 is 18.4 Å². The first-order valence-electron chi connectivity index (χ1n) is 17.4. The van der Waals surface area contributed by atoms with E-state index in [4.69, 9.17) is 25.3 Å². The number of rotatable bonds is 25. The van der Waals surface area contributed by atoms with Gasteiger partial charge in [0.15, 0.2) is 0 Å². The van der Waals surface area contributed by atoms with Crippen molar-refractivity contribution >= 4 is 19.1 Å². The van der Waals surface area contributed by atoms with Gasteiger partial charge in [-0.15, -0.1) is 11.8 Å². The normalized spacial score (nSPS) is 20.7. The molecule has 248 valence electrons. The number of aliphatic hydroxyl groups is 3. The van der Waals surface area contributed by atoms with Crippen LogP contribution in [-0.2, 0) is 0 Å². The van der Waals surface area contributed by atoms with E-state index in [0.29, 0.717) is 0 Å². The smallest absolute Gasteiger partial charge is 0.402 e. The van der Waals surface area contributed by atoms with Crippen molar-refractivity contribution in [3.05, 3.63) is 24.3 Å². The molecule has 0 amide bonds. The van der Waals surface area contributed by atoms with Crippen LogP contribution in [0.15, 0.2) is 24.3 Å². The number of hydrogen-bond acceptors (Lipinski definition) is 7. The Morgan fingerprint density at radius 3 is 1.33 bits per heavy atom. The average Bonchev–Trinajstić information content (AvgIpc) is 3.60. The zero-order valence-electron chi connectivity index (χ0n) is 27.2. The highest BCUT2D eigenvalue weighted by molar-refractivity contribution is 8.09. The van der Waals surface area contributed by atoms with Gasteiger partial charge in [-0.05, 0) is 18.9 Å². The lowest BCUT2D eigenvalue weighted by Gasteiger charge is -2.15. The summed E-state index contributed by atoms with van der Waals surface area (Å²) in [6.45, 7) is 4.45. The molecular weight excluding hydrogens is 547 g/mol. The summed E-state index contributed by atoms with van der Waals surface area (Å²) < 4.78 is 0.0297. The maximum atomic E-state index is 10.3. The van der Waals surface area contributed by atoms with Gasteiger partial charge in [0.25, 0.3) is 0 Å². The highest BCUT2D eigenvalue weighted by Gasteiger charge is 2.65. The van der Waals surface area contributed by atoms with Gasteiger partial charge in [0, 0.05) is 0 Å². The predicted molar refractivity (Wildman–Crippen MR) is 181 cm³/mol. The zero-order valence-corrected chi connectivity index (χ0v) is 28.0. The van der Waals surface area contributed by atoms with Crippen molar-refractivity contribution in [2.24, 2.45) is 0 Å². The minimum absolute atomic E-state index is 0.0297. The summed E-state index contributed by atoms with van der Waals surface area (Å²) in [4.78, 5) is -0.568. The second-order valence-electron chi connectivity index (χ2n) is 12.2. The van der Waals surface area contributed by atoms with Gasteiger partial charge in [0.05, 0.1) is 17.5 Å². The summed E-state index contributed by atoms with van der Waals surface area (Å²) in [6, 6.07) is 0. The third-order valence-corrected chi connectivity index (χ3v) is 9.83. The zero-order chi connectivity index (χ0) is 31.4. The van der Waals surface area contributed by atoms with Crippen molar-refractivity contribution < 1.29 is 30.4 Å². The third kappa shape index (κ3) is 23.1. The van der Waals surface area contributed by atoms with Gasteiger partial charge in [0.2, 0.25) is 0 Å². The molecule has 2 rings (SSSR count). The predicted octanol–water partition coefficient (Wildman–Crippen LogP) is 7.98. The van der Waals surface area contributed by atoms with Gasteiger partial charge in [0.1, 0.15) is 4.93 Å². The highest BCUT2D eigenvalue weighted by atomic mass is 32.2. The van der Waals surface area contributed by atoms with E-state index in [0.717, 1.165) is 19.3 Å². The molecule has 0 aromatic rings. The fraction of sp³-hybridized carbons (Fsp3) is 0.882. The van der Waals surface area contributed by atoms with Crippen LogP contribution in [0.3, 0.4) is 0 Å². The molecule has 0 spiro atoms. The van der Waals surface area contributed by atoms with Crippen LogP contribution in [0.2, 0.25) is 0 Å². The Labute approximate surface area is 263 Å². The minimum Gasteiger partial charge on any atom is -0.402 e. The van der Waals surface area contributed by atoms with E-state index in [-0.39, 0.29) is 11.4 Å². The molecule has 1 saturated heterocycles. The number of aliphatic hydroxyl groups excluding tert-OH is 2. The summed E-state index contributed by atoms with van der Waals surface area (Å²) >= 11 is 1.71. The maximum Gasteiger partial charge on any atom is 0.631 e. The van der Waals surface area contributed by atoms with E-state index in [1.54, 1.807) is 11.8 Å². The first-order chi connectivity index (χ1) is 20.3. The molecule has 3 unspecified atom stereocenters. The van der Waals surface area contributed by atoms with E-state index in [1.807, 2.05) is 12.2 Å². The molecular formula is C34H67BO6S. The molecule has 1 aliphatic heterocycles. The minimum atomic E-state index is -2.17. The van der Waals surface area contributed by atoms with Gasteiger partial charge in [-0.3, -0.25) is 0 Å². The SMILES string of the molecule is CCCCCCCCCCCCC12C=CC=CC1(O)S2.CCCCCCCCCCCCCCC(O)CO.OB(O)O. The standard InChI is InChI=1S/C18H30OS.C16H34O2.BH3O3/c1-2-3-4-5-6-7-8-9-10-11-14-17-15-12-13-16-18(17,19)20-17;1-2-3-4-5-6-7-8-9-10-11-12-13-14-16(18)15-17;2-1(3)4/h12-13,15-16,19H,2-11,14H2,1H3;16-18H,2-15H2,1H3;2-4H. The van der Waals surface area contributed by atoms with Crippen molar-refractivity contribution in [3.8, 4) is 0 Å². The second kappa shape index (κ2) is 28.2. The molecule has 42 heavy (non-hydrogen) atoms. The monoisotopic (exact) mass is 614 g/mol. The summed E-state index contributed by atoms with van der Waals surface area (Å²) in [7, 11) is -2.17. The molecule has 0 bridgehead atoms. The lowest BCUT2D eigenvalue weighted by Crippen LogP contribution is -2.23. The number of unbranched alkanes of at least 4 members (excludes halogenated alkanes) is 20. The van der Waals surface area contributed by atoms with Crippen molar-refractivity contribution in [1.82, 2.24) is 0 Å². The summed E-state index contributed by atoms with van der Waals surface area (Å²) in [5, 5.41) is 49.6. The van der Waals surface area contributed by atoms with Crippen molar-refractivity contribution in [2.75, 3.05) is 6.61 Å². The first-order valence-corrected chi connectivity index (χ1v) is 18.2. The van der Waals surface area contributed by atoms with Crippen LogP contribution in [0, 0.1) is 0 Å². The molecule has 1 fully saturated rings. The largest absolute Gasteiger partial charge is 0.631 e. The number of hydrogen-bond donors (Lipinski definition) is 6. The molecule has 2 aliphatic rings. The van der Waals surface area contributed by atoms with Crippen LogP contribution in [-0.4, -0.2) is 60.1 Å². The third-order valence-electron chi connectivity index (χ3n) is 8.20. The van der Waals surface area contributed by atoms with E-state index >= 15 is 0 Å². The van der Waals surface area contributed by atoms with E-state index in [9.17, 15) is 5.11 Å². The Bertz CT molecular complexity index is 647. The number of fused-ring (bicyclic) bond motifs is 1.